The molecule has 2 aliphatic rings. The van der Waals surface area contributed by atoms with Gasteiger partial charge in [0.1, 0.15) is 23.0 Å². The minimum atomic E-state index is -1.21. The smallest absolute Gasteiger partial charge is 0.340 e. The first-order valence-electron chi connectivity index (χ1n) is 8.90. The number of phenols is 2. The van der Waals surface area contributed by atoms with Crippen LogP contribution >= 0.6 is 0 Å². The monoisotopic (exact) mass is 375 g/mol. The zero-order valence-electron chi connectivity index (χ0n) is 15.0. The van der Waals surface area contributed by atoms with Gasteiger partial charge < -0.3 is 25.0 Å². The van der Waals surface area contributed by atoms with E-state index in [0.29, 0.717) is 45.9 Å². The molecule has 1 atom stereocenters. The molecule has 140 valence electrons. The number of fused-ring (bicyclic) bond motifs is 6. The van der Waals surface area contributed by atoms with Gasteiger partial charge in [-0.25, -0.2) is 4.79 Å². The first-order chi connectivity index (χ1) is 13.6. The van der Waals surface area contributed by atoms with Crippen molar-refractivity contribution in [1.29, 1.82) is 0 Å². The van der Waals surface area contributed by atoms with Gasteiger partial charge in [-0.2, -0.15) is 0 Å². The van der Waals surface area contributed by atoms with Gasteiger partial charge in [0.15, 0.2) is 5.60 Å². The molecule has 1 spiro atoms. The number of carbonyl (C=O) groups excluding carboxylic acids is 1. The Labute approximate surface area is 161 Å². The molecule has 0 aromatic heterocycles. The van der Waals surface area contributed by atoms with Crippen LogP contribution in [-0.2, 0) is 16.9 Å². The van der Waals surface area contributed by atoms with Crippen molar-refractivity contribution in [3.63, 3.8) is 0 Å². The van der Waals surface area contributed by atoms with Crippen molar-refractivity contribution in [2.45, 2.75) is 12.1 Å². The third-order valence-electron chi connectivity index (χ3n) is 5.30. The Bertz CT molecular complexity index is 1140. The fourth-order valence-electron chi connectivity index (χ4n) is 4.12. The Balaban J connectivity index is 1.90. The summed E-state index contributed by atoms with van der Waals surface area (Å²) in [5.74, 6) is 0.470. The van der Waals surface area contributed by atoms with Gasteiger partial charge in [-0.15, -0.1) is 0 Å². The average molecular weight is 375 g/mol. The zero-order valence-corrected chi connectivity index (χ0v) is 15.0. The first-order valence-corrected chi connectivity index (χ1v) is 8.90. The molecular weight excluding hydrogens is 358 g/mol. The van der Waals surface area contributed by atoms with E-state index in [-0.39, 0.29) is 11.5 Å². The number of benzene rings is 3. The van der Waals surface area contributed by atoms with Crippen LogP contribution in [0.25, 0.3) is 0 Å². The molecule has 0 radical (unpaired) electrons. The van der Waals surface area contributed by atoms with Gasteiger partial charge in [0, 0.05) is 29.3 Å². The van der Waals surface area contributed by atoms with Crippen LogP contribution in [0.15, 0.2) is 54.6 Å². The van der Waals surface area contributed by atoms with E-state index in [9.17, 15) is 15.0 Å². The van der Waals surface area contributed by atoms with E-state index in [1.807, 2.05) is 12.1 Å². The third-order valence-corrected chi connectivity index (χ3v) is 5.30. The molecular formula is C22H17NO5. The lowest BCUT2D eigenvalue weighted by Crippen LogP contribution is -2.33. The molecule has 5 rings (SSSR count). The molecule has 6 heteroatoms. The summed E-state index contributed by atoms with van der Waals surface area (Å²) in [6, 6.07) is 15.3. The van der Waals surface area contributed by atoms with Crippen LogP contribution in [-0.4, -0.2) is 23.2 Å². The predicted octanol–water partition coefficient (Wildman–Crippen LogP) is 3.39. The van der Waals surface area contributed by atoms with E-state index in [1.165, 1.54) is 6.07 Å². The SMILES string of the molecule is CNCc1c(O)ccc2c1Oc1cc(O)ccc1C21OC(=O)c2ccccc21. The number of rotatable bonds is 2. The fraction of sp³-hybridized carbons (Fsp3) is 0.136. The highest BCUT2D eigenvalue weighted by Gasteiger charge is 2.54. The maximum absolute atomic E-state index is 12.7. The molecule has 28 heavy (non-hydrogen) atoms. The highest BCUT2D eigenvalue weighted by Crippen LogP contribution is 2.57. The van der Waals surface area contributed by atoms with E-state index < -0.39 is 11.6 Å². The minimum absolute atomic E-state index is 0.0327. The minimum Gasteiger partial charge on any atom is -0.508 e. The number of ether oxygens (including phenoxy) is 2. The van der Waals surface area contributed by atoms with Crippen LogP contribution in [0.5, 0.6) is 23.0 Å². The number of phenolic OH excluding ortho intramolecular Hbond substituents is 2. The number of aromatic hydroxyl groups is 2. The Hall–Kier alpha value is -3.51. The van der Waals surface area contributed by atoms with E-state index in [4.69, 9.17) is 9.47 Å². The van der Waals surface area contributed by atoms with Crippen molar-refractivity contribution in [3.8, 4) is 23.0 Å². The summed E-state index contributed by atoms with van der Waals surface area (Å²) in [5.41, 5.74) is 1.79. The predicted molar refractivity (Wildman–Crippen MR) is 101 cm³/mol. The van der Waals surface area contributed by atoms with Gasteiger partial charge in [-0.1, -0.05) is 18.2 Å². The normalized spacial score (nSPS) is 18.8. The number of esters is 1. The Kier molecular flexibility index (Phi) is 3.41. The fourth-order valence-corrected chi connectivity index (χ4v) is 4.12. The summed E-state index contributed by atoms with van der Waals surface area (Å²) in [4.78, 5) is 12.7. The van der Waals surface area contributed by atoms with Crippen LogP contribution in [0.3, 0.4) is 0 Å². The van der Waals surface area contributed by atoms with Gasteiger partial charge in [0.25, 0.3) is 0 Å². The molecule has 2 heterocycles. The van der Waals surface area contributed by atoms with Crippen LogP contribution in [0.4, 0.5) is 0 Å². The summed E-state index contributed by atoms with van der Waals surface area (Å²) in [6.07, 6.45) is 0. The maximum Gasteiger partial charge on any atom is 0.340 e. The molecule has 3 N–H and O–H groups in total. The second kappa shape index (κ2) is 5.74. The standard InChI is InChI=1S/C22H17NO5/c1-23-11-14-18(25)9-8-17-20(14)27-19-10-12(24)6-7-16(19)22(17)15-5-3-2-4-13(15)21(26)28-22/h2-10,23-25H,11H2,1H3. The zero-order chi connectivity index (χ0) is 19.5. The maximum atomic E-state index is 12.7. The van der Waals surface area contributed by atoms with Gasteiger partial charge in [-0.3, -0.25) is 0 Å². The lowest BCUT2D eigenvalue weighted by atomic mass is 9.77. The first kappa shape index (κ1) is 16.6. The van der Waals surface area contributed by atoms with Crippen LogP contribution in [0, 0.1) is 0 Å². The number of hydrogen-bond donors (Lipinski definition) is 3. The van der Waals surface area contributed by atoms with Crippen LogP contribution < -0.4 is 10.1 Å². The van der Waals surface area contributed by atoms with Crippen molar-refractivity contribution in [2.75, 3.05) is 7.05 Å². The summed E-state index contributed by atoms with van der Waals surface area (Å²) in [5, 5.41) is 23.4. The Morgan fingerprint density at radius 2 is 1.79 bits per heavy atom. The van der Waals surface area contributed by atoms with Gasteiger partial charge in [-0.05, 0) is 37.4 Å². The van der Waals surface area contributed by atoms with E-state index in [1.54, 1.807) is 43.4 Å². The van der Waals surface area contributed by atoms with E-state index in [0.717, 1.165) is 0 Å². The van der Waals surface area contributed by atoms with Crippen molar-refractivity contribution in [3.05, 3.63) is 82.4 Å². The molecule has 1 unspecified atom stereocenters. The molecule has 2 aliphatic heterocycles. The molecule has 3 aromatic rings. The van der Waals surface area contributed by atoms with Gasteiger partial charge >= 0.3 is 5.97 Å². The number of nitrogens with one attached hydrogen (secondary N) is 1. The summed E-state index contributed by atoms with van der Waals surface area (Å²) < 4.78 is 12.1. The Morgan fingerprint density at radius 1 is 1.00 bits per heavy atom. The van der Waals surface area contributed by atoms with E-state index >= 15 is 0 Å². The Morgan fingerprint density at radius 3 is 2.61 bits per heavy atom. The number of hydrogen-bond acceptors (Lipinski definition) is 6. The van der Waals surface area contributed by atoms with Crippen molar-refractivity contribution >= 4 is 5.97 Å². The molecule has 6 nitrogen and oxygen atoms in total. The largest absolute Gasteiger partial charge is 0.508 e. The second-order valence-electron chi connectivity index (χ2n) is 6.87. The second-order valence-corrected chi connectivity index (χ2v) is 6.87. The molecule has 0 amide bonds. The summed E-state index contributed by atoms with van der Waals surface area (Å²) in [7, 11) is 1.77. The molecule has 0 saturated heterocycles. The summed E-state index contributed by atoms with van der Waals surface area (Å²) >= 11 is 0. The molecule has 0 aliphatic carbocycles. The lowest BCUT2D eigenvalue weighted by molar-refractivity contribution is 0.0223. The number of carbonyl (C=O) groups is 1. The molecule has 0 fully saturated rings. The van der Waals surface area contributed by atoms with Crippen molar-refractivity contribution in [2.24, 2.45) is 0 Å². The average Bonchev–Trinajstić information content (AvgIpc) is 2.98. The topological polar surface area (TPSA) is 88.0 Å². The van der Waals surface area contributed by atoms with Crippen LogP contribution in [0.1, 0.15) is 32.6 Å². The molecule has 0 saturated carbocycles. The highest BCUT2D eigenvalue weighted by molar-refractivity contribution is 5.97. The van der Waals surface area contributed by atoms with Gasteiger partial charge in [0.05, 0.1) is 11.1 Å². The van der Waals surface area contributed by atoms with E-state index in [2.05, 4.69) is 5.32 Å². The van der Waals surface area contributed by atoms with Crippen molar-refractivity contribution in [1.82, 2.24) is 5.32 Å². The lowest BCUT2D eigenvalue weighted by Gasteiger charge is -2.37. The molecule has 3 aromatic carbocycles. The highest BCUT2D eigenvalue weighted by atomic mass is 16.6. The van der Waals surface area contributed by atoms with Crippen LogP contribution in [0.2, 0.25) is 0 Å². The third kappa shape index (κ3) is 2.03. The summed E-state index contributed by atoms with van der Waals surface area (Å²) in [6.45, 7) is 0.356. The molecule has 0 bridgehead atoms. The quantitative estimate of drug-likeness (QED) is 0.595. The van der Waals surface area contributed by atoms with Crippen molar-refractivity contribution < 1.29 is 24.5 Å². The van der Waals surface area contributed by atoms with Gasteiger partial charge in [0.2, 0.25) is 0 Å².